The molecule has 0 amide bonds. The molecule has 0 saturated carbocycles. The molecule has 0 fully saturated rings. The van der Waals surface area contributed by atoms with Crippen LogP contribution >= 0.6 is 0 Å². The second kappa shape index (κ2) is 18.7. The summed E-state index contributed by atoms with van der Waals surface area (Å²) in [4.78, 5) is 0. The Morgan fingerprint density at radius 3 is 1.68 bits per heavy atom. The smallest absolute Gasteiger partial charge is 1.00 e. The van der Waals surface area contributed by atoms with Gasteiger partial charge < -0.3 is 6.16 Å². The molecule has 1 rings (SSSR count). The van der Waals surface area contributed by atoms with E-state index in [0.29, 0.717) is 0 Å². The Morgan fingerprint density at radius 1 is 0.840 bits per heavy atom. The summed E-state index contributed by atoms with van der Waals surface area (Å²) < 4.78 is 37.3. The number of para-hydroxylation sites is 1. The van der Waals surface area contributed by atoms with Gasteiger partial charge in [0.05, 0.1) is 6.61 Å². The van der Waals surface area contributed by atoms with E-state index < -0.39 is 10.4 Å². The zero-order valence-corrected chi connectivity index (χ0v) is 18.5. The quantitative estimate of drug-likeness (QED) is 0.329. The fraction of sp³-hybridized carbons (Fsp3) is 0.667. The minimum absolute atomic E-state index is 0. The first-order valence-electron chi connectivity index (χ1n) is 8.81. The first-order valence-corrected chi connectivity index (χ1v) is 10.2. The molecule has 142 valence electrons. The Kier molecular flexibility index (Phi) is 20.3. The van der Waals surface area contributed by atoms with Gasteiger partial charge in [-0.15, -0.1) is 0 Å². The topological polar surface area (TPSA) is 83.8 Å². The summed E-state index contributed by atoms with van der Waals surface area (Å²) in [5.74, 6) is 0.999. The van der Waals surface area contributed by atoms with Crippen LogP contribution in [0.4, 0.5) is 0 Å². The van der Waals surface area contributed by atoms with Crippen LogP contribution in [0.3, 0.4) is 0 Å². The molecule has 2 N–H and O–H groups in total. The van der Waals surface area contributed by atoms with Crippen molar-refractivity contribution < 1.29 is 53.2 Å². The first-order chi connectivity index (χ1) is 11.4. The van der Waals surface area contributed by atoms with Crippen LogP contribution in [0.1, 0.15) is 72.6 Å². The largest absolute Gasteiger partial charge is 1.00 e. The van der Waals surface area contributed by atoms with Crippen molar-refractivity contribution in [2.45, 2.75) is 71.1 Å². The van der Waals surface area contributed by atoms with Gasteiger partial charge in [0.2, 0.25) is 0 Å². The van der Waals surface area contributed by atoms with Gasteiger partial charge in [-0.2, -0.15) is 8.42 Å². The molecule has 0 bridgehead atoms. The van der Waals surface area contributed by atoms with Crippen molar-refractivity contribution in [3.05, 3.63) is 30.3 Å². The van der Waals surface area contributed by atoms with Crippen molar-refractivity contribution in [3.63, 3.8) is 0 Å². The van der Waals surface area contributed by atoms with E-state index in [1.165, 1.54) is 64.2 Å². The molecule has 0 unspecified atom stereocenters. The molecule has 0 atom stereocenters. The van der Waals surface area contributed by atoms with E-state index in [1.54, 1.807) is 0 Å². The van der Waals surface area contributed by atoms with E-state index in [2.05, 4.69) is 6.92 Å². The van der Waals surface area contributed by atoms with Crippen molar-refractivity contribution in [2.75, 3.05) is 6.61 Å². The van der Waals surface area contributed by atoms with Crippen molar-refractivity contribution in [2.24, 2.45) is 0 Å². The van der Waals surface area contributed by atoms with Gasteiger partial charge >= 0.3 is 40.0 Å². The zero-order chi connectivity index (χ0) is 18.1. The molecule has 1 aromatic carbocycles. The van der Waals surface area contributed by atoms with Crippen LogP contribution in [0.15, 0.2) is 30.3 Å². The Balaban J connectivity index is -0.000000668. The molecule has 0 spiro atoms. The van der Waals surface area contributed by atoms with Crippen molar-refractivity contribution in [1.82, 2.24) is 0 Å². The minimum atomic E-state index is -4.67. The molecular weight excluding hydrogens is 351 g/mol. The third-order valence-electron chi connectivity index (χ3n) is 3.51. The summed E-state index contributed by atoms with van der Waals surface area (Å²) in [5, 5.41) is 0. The van der Waals surface area contributed by atoms with Crippen LogP contribution in [0, 0.1) is 0 Å². The Morgan fingerprint density at radius 2 is 1.24 bits per heavy atom. The summed E-state index contributed by atoms with van der Waals surface area (Å²) >= 11 is 0. The van der Waals surface area contributed by atoms with E-state index in [0.717, 1.165) is 12.4 Å². The van der Waals surface area contributed by atoms with Crippen LogP contribution in [0.25, 0.3) is 0 Å². The average molecular weight is 385 g/mol. The van der Waals surface area contributed by atoms with Crippen LogP contribution in [0.2, 0.25) is 0 Å². The summed E-state index contributed by atoms with van der Waals surface area (Å²) in [6.07, 6.45) is 13.7. The molecule has 0 radical (unpaired) electrons. The predicted molar refractivity (Wildman–Crippen MR) is 99.1 cm³/mol. The van der Waals surface area contributed by atoms with Crippen LogP contribution in [-0.2, 0) is 10.4 Å². The van der Waals surface area contributed by atoms with Gasteiger partial charge in [0.1, 0.15) is 5.75 Å². The van der Waals surface area contributed by atoms with Crippen molar-refractivity contribution >= 4 is 10.4 Å². The number of hydrogen-bond acceptors (Lipinski definition) is 3. The van der Waals surface area contributed by atoms with E-state index >= 15 is 0 Å². The Bertz CT molecular complexity index is 478. The van der Waals surface area contributed by atoms with Crippen LogP contribution in [-0.4, -0.2) is 24.1 Å². The van der Waals surface area contributed by atoms with Gasteiger partial charge in [0.25, 0.3) is 0 Å². The van der Waals surface area contributed by atoms with Gasteiger partial charge in [0.15, 0.2) is 0 Å². The molecule has 1 aromatic rings. The fourth-order valence-corrected chi connectivity index (χ4v) is 2.30. The Labute approximate surface area is 176 Å². The van der Waals surface area contributed by atoms with Crippen molar-refractivity contribution in [3.8, 4) is 5.75 Å². The SMILES string of the molecule is CCCCCCCCCCCCOc1ccccc1.O=S(=O)(O)O.[H-].[Na+]. The number of rotatable bonds is 12. The van der Waals surface area contributed by atoms with Crippen molar-refractivity contribution in [1.29, 1.82) is 0 Å². The standard InChI is InChI=1S/C18H30O.Na.H2O4S.H/c1-2-3-4-5-6-7-8-9-10-14-17-19-18-15-12-11-13-16-18;;1-5(2,3)4;/h11-13,15-16H,2-10,14,17H2,1H3;;(H2,1,2,3,4);/q;+1;;-1. The monoisotopic (exact) mass is 384 g/mol. The molecule has 7 heteroatoms. The molecule has 0 aliphatic carbocycles. The summed E-state index contributed by atoms with van der Waals surface area (Å²) in [7, 11) is -4.67. The second-order valence-electron chi connectivity index (χ2n) is 5.79. The second-order valence-corrected chi connectivity index (χ2v) is 6.69. The summed E-state index contributed by atoms with van der Waals surface area (Å²) in [6, 6.07) is 10.1. The van der Waals surface area contributed by atoms with E-state index in [4.69, 9.17) is 22.3 Å². The Hall–Kier alpha value is -0.110. The molecule has 0 saturated heterocycles. The minimum Gasteiger partial charge on any atom is -1.00 e. The summed E-state index contributed by atoms with van der Waals surface area (Å²) in [6.45, 7) is 3.14. The van der Waals surface area contributed by atoms with Crippen LogP contribution < -0.4 is 34.3 Å². The van der Waals surface area contributed by atoms with Gasteiger partial charge in [0, 0.05) is 0 Å². The molecule has 25 heavy (non-hydrogen) atoms. The van der Waals surface area contributed by atoms with E-state index in [-0.39, 0.29) is 31.0 Å². The van der Waals surface area contributed by atoms with E-state index in [1.807, 2.05) is 30.3 Å². The first kappa shape index (κ1) is 27.1. The molecule has 0 aliphatic rings. The summed E-state index contributed by atoms with van der Waals surface area (Å²) in [5.41, 5.74) is 0. The predicted octanol–water partition coefficient (Wildman–Crippen LogP) is 2.45. The third-order valence-corrected chi connectivity index (χ3v) is 3.51. The molecule has 0 aromatic heterocycles. The average Bonchev–Trinajstić information content (AvgIpc) is 2.52. The maximum Gasteiger partial charge on any atom is 1.00 e. The fourth-order valence-electron chi connectivity index (χ4n) is 2.30. The number of ether oxygens (including phenoxy) is 1. The number of hydrogen-bond donors (Lipinski definition) is 2. The maximum absolute atomic E-state index is 8.74. The van der Waals surface area contributed by atoms with Gasteiger partial charge in [-0.25, -0.2) is 0 Å². The molecule has 5 nitrogen and oxygen atoms in total. The van der Waals surface area contributed by atoms with Gasteiger partial charge in [-0.1, -0.05) is 82.9 Å². The molecule has 0 aliphatic heterocycles. The molecular formula is C18H33NaO5S. The number of benzene rings is 1. The number of unbranched alkanes of at least 4 members (excludes halogenated alkanes) is 9. The zero-order valence-electron chi connectivity index (χ0n) is 16.7. The maximum atomic E-state index is 8.74. The normalized spacial score (nSPS) is 10.4. The van der Waals surface area contributed by atoms with E-state index in [9.17, 15) is 0 Å². The third kappa shape index (κ3) is 26.2. The van der Waals surface area contributed by atoms with Crippen LogP contribution in [0.5, 0.6) is 5.75 Å². The molecule has 0 heterocycles. The van der Waals surface area contributed by atoms with Gasteiger partial charge in [-0.3, -0.25) is 9.11 Å². The van der Waals surface area contributed by atoms with Gasteiger partial charge in [-0.05, 0) is 18.6 Å².